The fourth-order valence-corrected chi connectivity index (χ4v) is 2.93. The highest BCUT2D eigenvalue weighted by molar-refractivity contribution is 8.00. The Morgan fingerprint density at radius 1 is 1.38 bits per heavy atom. The highest BCUT2D eigenvalue weighted by Gasteiger charge is 2.19. The van der Waals surface area contributed by atoms with E-state index in [2.05, 4.69) is 15.5 Å². The summed E-state index contributed by atoms with van der Waals surface area (Å²) in [4.78, 5) is 23.1. The number of amides is 2. The average Bonchev–Trinajstić information content (AvgIpc) is 2.88. The van der Waals surface area contributed by atoms with Crippen LogP contribution in [0.1, 0.15) is 19.2 Å². The number of carbonyl (C=O) groups is 2. The smallest absolute Gasteiger partial charge is 0.237 e. The fraction of sp³-hybridized carbons (Fsp3) is 0.333. The van der Waals surface area contributed by atoms with Gasteiger partial charge in [-0.1, -0.05) is 35.5 Å². The zero-order chi connectivity index (χ0) is 17.7. The van der Waals surface area contributed by atoms with Gasteiger partial charge in [-0.2, -0.15) is 0 Å². The Morgan fingerprint density at radius 3 is 2.75 bits per heavy atom. The maximum atomic E-state index is 12.3. The van der Waals surface area contributed by atoms with Gasteiger partial charge < -0.3 is 15.6 Å². The lowest BCUT2D eigenvalue weighted by Gasteiger charge is -2.12. The van der Waals surface area contributed by atoms with E-state index in [1.165, 1.54) is 11.8 Å². The summed E-state index contributed by atoms with van der Waals surface area (Å²) in [6, 6.07) is 7.04. The first-order valence-electron chi connectivity index (χ1n) is 7.27. The van der Waals surface area contributed by atoms with Gasteiger partial charge in [0, 0.05) is 19.9 Å². The zero-order valence-corrected chi connectivity index (χ0v) is 14.9. The summed E-state index contributed by atoms with van der Waals surface area (Å²) in [5, 5.41) is 11.6. The van der Waals surface area contributed by atoms with E-state index in [4.69, 9.17) is 17.3 Å². The molecule has 9 heteroatoms. The first-order chi connectivity index (χ1) is 11.4. The van der Waals surface area contributed by atoms with Gasteiger partial charge in [0.2, 0.25) is 11.8 Å². The van der Waals surface area contributed by atoms with Crippen molar-refractivity contribution < 1.29 is 9.59 Å². The van der Waals surface area contributed by atoms with Gasteiger partial charge in [0.25, 0.3) is 0 Å². The molecule has 1 aromatic heterocycles. The Kier molecular flexibility index (Phi) is 6.22. The van der Waals surface area contributed by atoms with Crippen molar-refractivity contribution in [3.8, 4) is 0 Å². The second-order valence-electron chi connectivity index (χ2n) is 5.15. The molecule has 0 saturated carbocycles. The van der Waals surface area contributed by atoms with Crippen molar-refractivity contribution in [1.29, 1.82) is 0 Å². The van der Waals surface area contributed by atoms with Crippen LogP contribution in [0.2, 0.25) is 5.02 Å². The van der Waals surface area contributed by atoms with E-state index in [0.29, 0.717) is 28.1 Å². The van der Waals surface area contributed by atoms with Crippen LogP contribution in [0.5, 0.6) is 0 Å². The first kappa shape index (κ1) is 18.3. The Hall–Kier alpha value is -2.06. The molecule has 128 valence electrons. The van der Waals surface area contributed by atoms with E-state index in [-0.39, 0.29) is 18.2 Å². The molecule has 0 radical (unpaired) electrons. The van der Waals surface area contributed by atoms with Crippen molar-refractivity contribution in [2.24, 2.45) is 12.8 Å². The summed E-state index contributed by atoms with van der Waals surface area (Å²) < 4.78 is 1.76. The molecule has 1 atom stereocenters. The van der Waals surface area contributed by atoms with E-state index in [0.717, 1.165) is 0 Å². The molecule has 1 heterocycles. The number of hydrogen-bond donors (Lipinski definition) is 2. The SMILES string of the molecule is C[C@H](Sc1nnc(CCC(N)=O)n1C)C(=O)Nc1ccccc1Cl. The normalized spacial score (nSPS) is 12.0. The Bertz CT molecular complexity index is 749. The maximum absolute atomic E-state index is 12.3. The number of aryl methyl sites for hydroxylation is 1. The van der Waals surface area contributed by atoms with Crippen LogP contribution in [-0.4, -0.2) is 31.8 Å². The van der Waals surface area contributed by atoms with Crippen LogP contribution in [0.3, 0.4) is 0 Å². The molecule has 24 heavy (non-hydrogen) atoms. The van der Waals surface area contributed by atoms with Crippen molar-refractivity contribution in [3.05, 3.63) is 35.1 Å². The van der Waals surface area contributed by atoms with Crippen molar-refractivity contribution >= 4 is 40.9 Å². The largest absolute Gasteiger partial charge is 0.370 e. The van der Waals surface area contributed by atoms with Crippen molar-refractivity contribution in [1.82, 2.24) is 14.8 Å². The van der Waals surface area contributed by atoms with Gasteiger partial charge in [-0.25, -0.2) is 0 Å². The molecule has 0 aliphatic heterocycles. The number of nitrogens with one attached hydrogen (secondary N) is 1. The summed E-state index contributed by atoms with van der Waals surface area (Å²) in [6.07, 6.45) is 0.624. The predicted molar refractivity (Wildman–Crippen MR) is 93.9 cm³/mol. The number of benzene rings is 1. The predicted octanol–water partition coefficient (Wildman–Crippen LogP) is 2.01. The molecule has 0 unspecified atom stereocenters. The number of anilines is 1. The zero-order valence-electron chi connectivity index (χ0n) is 13.3. The van der Waals surface area contributed by atoms with Crippen LogP contribution in [0.25, 0.3) is 0 Å². The Balaban J connectivity index is 1.99. The van der Waals surface area contributed by atoms with Gasteiger partial charge in [-0.15, -0.1) is 10.2 Å². The minimum atomic E-state index is -0.395. The lowest BCUT2D eigenvalue weighted by Crippen LogP contribution is -2.23. The number of thioether (sulfide) groups is 1. The molecule has 0 bridgehead atoms. The highest BCUT2D eigenvalue weighted by atomic mass is 35.5. The summed E-state index contributed by atoms with van der Waals surface area (Å²) in [6.45, 7) is 1.77. The van der Waals surface area contributed by atoms with Gasteiger partial charge in [0.1, 0.15) is 5.82 Å². The molecule has 0 aliphatic rings. The quantitative estimate of drug-likeness (QED) is 0.728. The molecule has 2 rings (SSSR count). The molecular formula is C15H18ClN5O2S. The minimum absolute atomic E-state index is 0.185. The fourth-order valence-electron chi connectivity index (χ4n) is 1.91. The van der Waals surface area contributed by atoms with Crippen molar-refractivity contribution in [2.75, 3.05) is 5.32 Å². The number of rotatable bonds is 7. The van der Waals surface area contributed by atoms with Crippen LogP contribution in [0.4, 0.5) is 5.69 Å². The Morgan fingerprint density at radius 2 is 2.08 bits per heavy atom. The third-order valence-corrected chi connectivity index (χ3v) is 4.77. The number of halogens is 1. The second kappa shape index (κ2) is 8.16. The average molecular weight is 368 g/mol. The van der Waals surface area contributed by atoms with E-state index < -0.39 is 5.25 Å². The highest BCUT2D eigenvalue weighted by Crippen LogP contribution is 2.25. The number of hydrogen-bond acceptors (Lipinski definition) is 5. The van der Waals surface area contributed by atoms with E-state index in [1.54, 1.807) is 42.8 Å². The molecule has 7 nitrogen and oxygen atoms in total. The molecule has 0 aliphatic carbocycles. The van der Waals surface area contributed by atoms with Gasteiger partial charge in [0.15, 0.2) is 5.16 Å². The van der Waals surface area contributed by atoms with Crippen LogP contribution in [0, 0.1) is 0 Å². The third kappa shape index (κ3) is 4.72. The summed E-state index contributed by atoms with van der Waals surface area (Å²) in [5.41, 5.74) is 5.70. The maximum Gasteiger partial charge on any atom is 0.237 e. The van der Waals surface area contributed by atoms with E-state index >= 15 is 0 Å². The number of primary amides is 1. The van der Waals surface area contributed by atoms with Gasteiger partial charge in [-0.3, -0.25) is 9.59 Å². The molecule has 0 spiro atoms. The molecule has 1 aromatic carbocycles. The van der Waals surface area contributed by atoms with Crippen LogP contribution in [-0.2, 0) is 23.1 Å². The molecule has 2 amide bonds. The van der Waals surface area contributed by atoms with Gasteiger partial charge in [-0.05, 0) is 19.1 Å². The van der Waals surface area contributed by atoms with Crippen LogP contribution >= 0.6 is 23.4 Å². The molecule has 0 saturated heterocycles. The summed E-state index contributed by atoms with van der Waals surface area (Å²) >= 11 is 7.31. The number of aromatic nitrogens is 3. The minimum Gasteiger partial charge on any atom is -0.370 e. The number of nitrogens with two attached hydrogens (primary N) is 1. The Labute approximate surface area is 149 Å². The molecule has 3 N–H and O–H groups in total. The van der Waals surface area contributed by atoms with Crippen molar-refractivity contribution in [2.45, 2.75) is 30.2 Å². The molecule has 0 fully saturated rings. The number of carbonyl (C=O) groups excluding carboxylic acids is 2. The summed E-state index contributed by atoms with van der Waals surface area (Å²) in [7, 11) is 1.79. The monoisotopic (exact) mass is 367 g/mol. The van der Waals surface area contributed by atoms with Gasteiger partial charge >= 0.3 is 0 Å². The third-order valence-electron chi connectivity index (χ3n) is 3.30. The molecule has 2 aromatic rings. The molecular weight excluding hydrogens is 350 g/mol. The van der Waals surface area contributed by atoms with E-state index in [1.807, 2.05) is 0 Å². The number of para-hydroxylation sites is 1. The van der Waals surface area contributed by atoms with E-state index in [9.17, 15) is 9.59 Å². The van der Waals surface area contributed by atoms with Crippen molar-refractivity contribution in [3.63, 3.8) is 0 Å². The lowest BCUT2D eigenvalue weighted by molar-refractivity contribution is -0.118. The second-order valence-corrected chi connectivity index (χ2v) is 6.87. The van der Waals surface area contributed by atoms with Crippen LogP contribution in [0.15, 0.2) is 29.4 Å². The standard InChI is InChI=1S/C15H18ClN5O2S/c1-9(14(23)18-11-6-4-3-5-10(11)16)24-15-20-19-13(21(15)2)8-7-12(17)22/h3-6,9H,7-8H2,1-2H3,(H2,17,22)(H,18,23)/t9-/m0/s1. The topological polar surface area (TPSA) is 103 Å². The lowest BCUT2D eigenvalue weighted by atomic mass is 10.3. The first-order valence-corrected chi connectivity index (χ1v) is 8.53. The van der Waals surface area contributed by atoms with Gasteiger partial charge in [0.05, 0.1) is 16.0 Å². The number of nitrogens with zero attached hydrogens (tertiary/aromatic N) is 3. The van der Waals surface area contributed by atoms with Crippen LogP contribution < -0.4 is 11.1 Å². The summed E-state index contributed by atoms with van der Waals surface area (Å²) in [5.74, 6) is 0.0736.